The molecule has 0 aliphatic rings. The second-order valence-corrected chi connectivity index (χ2v) is 7.62. The summed E-state index contributed by atoms with van der Waals surface area (Å²) in [5.41, 5.74) is 0.293. The van der Waals surface area contributed by atoms with Gasteiger partial charge in [-0.05, 0) is 18.1 Å². The number of aromatic nitrogens is 4. The molecule has 3 rings (SSSR count). The van der Waals surface area contributed by atoms with Crippen LogP contribution in [0.25, 0.3) is 5.69 Å². The lowest BCUT2D eigenvalue weighted by Gasteiger charge is -2.30. The fourth-order valence-electron chi connectivity index (χ4n) is 2.32. The summed E-state index contributed by atoms with van der Waals surface area (Å²) in [7, 11) is 0. The molecule has 0 aliphatic carbocycles. The van der Waals surface area contributed by atoms with Gasteiger partial charge in [-0.1, -0.05) is 31.7 Å². The lowest BCUT2D eigenvalue weighted by molar-refractivity contribution is 0.0175. The van der Waals surface area contributed by atoms with Crippen molar-refractivity contribution in [2.24, 2.45) is 5.92 Å². The van der Waals surface area contributed by atoms with Gasteiger partial charge >= 0.3 is 0 Å². The summed E-state index contributed by atoms with van der Waals surface area (Å²) >= 11 is 2.55. The molecule has 5 nitrogen and oxygen atoms in total. The highest BCUT2D eigenvalue weighted by atomic mass is 32.2. The second-order valence-electron chi connectivity index (χ2n) is 5.79. The number of thiazole rings is 1. The standard InChI is InChI=1S/C16H16F2N4OS2/c1-10(2)16(23,13-6-19-9-25-13)7-24-15-21-20-8-22(15)14-11(17)4-3-5-12(14)18/h3-6,8-10,23H,7H2,1-2H3. The van der Waals surface area contributed by atoms with Crippen LogP contribution in [0, 0.1) is 17.6 Å². The van der Waals surface area contributed by atoms with Gasteiger partial charge in [-0.25, -0.2) is 8.78 Å². The van der Waals surface area contributed by atoms with Crippen LogP contribution >= 0.6 is 23.1 Å². The molecule has 0 aliphatic heterocycles. The van der Waals surface area contributed by atoms with E-state index < -0.39 is 17.2 Å². The van der Waals surface area contributed by atoms with Crippen molar-refractivity contribution >= 4 is 23.1 Å². The molecule has 1 unspecified atom stereocenters. The third kappa shape index (κ3) is 3.44. The fraction of sp³-hybridized carbons (Fsp3) is 0.312. The molecule has 0 amide bonds. The number of nitrogens with zero attached hydrogens (tertiary/aromatic N) is 4. The van der Waals surface area contributed by atoms with E-state index in [1.807, 2.05) is 13.8 Å². The van der Waals surface area contributed by atoms with Gasteiger partial charge in [0.05, 0.1) is 10.4 Å². The first-order valence-electron chi connectivity index (χ1n) is 7.52. The number of halogens is 2. The van der Waals surface area contributed by atoms with Crippen molar-refractivity contribution in [3.8, 4) is 5.69 Å². The molecule has 1 atom stereocenters. The molecular formula is C16H16F2N4OS2. The van der Waals surface area contributed by atoms with E-state index in [4.69, 9.17) is 0 Å². The van der Waals surface area contributed by atoms with Gasteiger partial charge in [-0.3, -0.25) is 9.55 Å². The summed E-state index contributed by atoms with van der Waals surface area (Å²) in [6, 6.07) is 3.65. The van der Waals surface area contributed by atoms with Gasteiger partial charge in [-0.15, -0.1) is 21.5 Å². The highest BCUT2D eigenvalue weighted by Gasteiger charge is 2.35. The van der Waals surface area contributed by atoms with Crippen LogP contribution < -0.4 is 0 Å². The Bertz CT molecular complexity index is 833. The zero-order chi connectivity index (χ0) is 18.0. The summed E-state index contributed by atoms with van der Waals surface area (Å²) in [4.78, 5) is 4.76. The van der Waals surface area contributed by atoms with Crippen LogP contribution in [0.5, 0.6) is 0 Å². The molecule has 1 N–H and O–H groups in total. The van der Waals surface area contributed by atoms with Crippen molar-refractivity contribution in [2.45, 2.75) is 24.6 Å². The molecule has 0 saturated carbocycles. The lowest BCUT2D eigenvalue weighted by atomic mass is 9.91. The Morgan fingerprint density at radius 2 is 2.04 bits per heavy atom. The van der Waals surface area contributed by atoms with E-state index in [2.05, 4.69) is 15.2 Å². The minimum Gasteiger partial charge on any atom is -0.383 e. The Morgan fingerprint density at radius 1 is 1.32 bits per heavy atom. The highest BCUT2D eigenvalue weighted by Crippen LogP contribution is 2.37. The summed E-state index contributed by atoms with van der Waals surface area (Å²) < 4.78 is 29.3. The summed E-state index contributed by atoms with van der Waals surface area (Å²) in [6.07, 6.45) is 2.89. The van der Waals surface area contributed by atoms with Crippen LogP contribution in [0.1, 0.15) is 18.7 Å². The third-order valence-corrected chi connectivity index (χ3v) is 5.99. The van der Waals surface area contributed by atoms with Gasteiger partial charge in [0.1, 0.15) is 29.3 Å². The van der Waals surface area contributed by atoms with E-state index in [0.29, 0.717) is 5.16 Å². The van der Waals surface area contributed by atoms with Crippen LogP contribution in [0.15, 0.2) is 41.4 Å². The molecule has 0 saturated heterocycles. The van der Waals surface area contributed by atoms with Gasteiger partial charge in [0.2, 0.25) is 0 Å². The monoisotopic (exact) mass is 382 g/mol. The Hall–Kier alpha value is -1.84. The van der Waals surface area contributed by atoms with Crippen LogP contribution in [0.2, 0.25) is 0 Å². The van der Waals surface area contributed by atoms with Gasteiger partial charge in [0.15, 0.2) is 5.16 Å². The van der Waals surface area contributed by atoms with E-state index in [1.165, 1.54) is 52.2 Å². The molecule has 1 aromatic carbocycles. The van der Waals surface area contributed by atoms with Crippen LogP contribution in [0.3, 0.4) is 0 Å². The van der Waals surface area contributed by atoms with Gasteiger partial charge < -0.3 is 5.11 Å². The maximum absolute atomic E-state index is 14.0. The van der Waals surface area contributed by atoms with E-state index in [0.717, 1.165) is 4.88 Å². The molecular weight excluding hydrogens is 366 g/mol. The van der Waals surface area contributed by atoms with Gasteiger partial charge in [0.25, 0.3) is 0 Å². The molecule has 2 heterocycles. The summed E-state index contributed by atoms with van der Waals surface area (Å²) in [5.74, 6) is -1.24. The quantitative estimate of drug-likeness (QED) is 0.660. The van der Waals surface area contributed by atoms with E-state index >= 15 is 0 Å². The largest absolute Gasteiger partial charge is 0.383 e. The molecule has 25 heavy (non-hydrogen) atoms. The van der Waals surface area contributed by atoms with Gasteiger partial charge in [0, 0.05) is 11.9 Å². The third-order valence-electron chi connectivity index (χ3n) is 3.93. The number of hydrogen-bond donors (Lipinski definition) is 1. The van der Waals surface area contributed by atoms with Crippen molar-refractivity contribution in [3.05, 3.63) is 52.7 Å². The Kier molecular flexibility index (Phi) is 5.16. The maximum atomic E-state index is 14.0. The lowest BCUT2D eigenvalue weighted by Crippen LogP contribution is -2.34. The zero-order valence-electron chi connectivity index (χ0n) is 13.6. The SMILES string of the molecule is CC(C)C(O)(CSc1nncn1-c1c(F)cccc1F)c1cncs1. The molecule has 0 bridgehead atoms. The van der Waals surface area contributed by atoms with Crippen molar-refractivity contribution in [3.63, 3.8) is 0 Å². The predicted molar refractivity (Wildman–Crippen MR) is 92.8 cm³/mol. The Labute approximate surface area is 151 Å². The molecule has 2 aromatic heterocycles. The first kappa shape index (κ1) is 18.0. The van der Waals surface area contributed by atoms with Crippen molar-refractivity contribution < 1.29 is 13.9 Å². The number of hydrogen-bond acceptors (Lipinski definition) is 6. The smallest absolute Gasteiger partial charge is 0.195 e. The van der Waals surface area contributed by atoms with Crippen LogP contribution in [-0.4, -0.2) is 30.6 Å². The number of para-hydroxylation sites is 1. The Morgan fingerprint density at radius 3 is 2.64 bits per heavy atom. The van der Waals surface area contributed by atoms with Crippen molar-refractivity contribution in [1.29, 1.82) is 0 Å². The maximum Gasteiger partial charge on any atom is 0.195 e. The van der Waals surface area contributed by atoms with E-state index in [-0.39, 0.29) is 17.4 Å². The summed E-state index contributed by atoms with van der Waals surface area (Å²) in [6.45, 7) is 3.81. The van der Waals surface area contributed by atoms with Crippen LogP contribution in [0.4, 0.5) is 8.78 Å². The molecule has 9 heteroatoms. The molecule has 0 radical (unpaired) electrons. The van der Waals surface area contributed by atoms with Crippen molar-refractivity contribution in [1.82, 2.24) is 19.7 Å². The summed E-state index contributed by atoms with van der Waals surface area (Å²) in [5, 5.41) is 19.1. The topological polar surface area (TPSA) is 63.8 Å². The predicted octanol–water partition coefficient (Wildman–Crippen LogP) is 3.64. The van der Waals surface area contributed by atoms with Gasteiger partial charge in [-0.2, -0.15) is 0 Å². The first-order chi connectivity index (χ1) is 11.9. The molecule has 132 valence electrons. The number of thioether (sulfide) groups is 1. The molecule has 0 fully saturated rings. The average molecular weight is 382 g/mol. The van der Waals surface area contributed by atoms with Crippen molar-refractivity contribution in [2.75, 3.05) is 5.75 Å². The minimum atomic E-state index is -1.13. The number of benzene rings is 1. The Balaban J connectivity index is 1.89. The average Bonchev–Trinajstić information content (AvgIpc) is 3.24. The first-order valence-corrected chi connectivity index (χ1v) is 9.38. The van der Waals surface area contributed by atoms with E-state index in [9.17, 15) is 13.9 Å². The fourth-order valence-corrected chi connectivity index (χ4v) is 4.50. The minimum absolute atomic E-state index is 0.0815. The number of rotatable bonds is 6. The zero-order valence-corrected chi connectivity index (χ0v) is 15.2. The molecule has 3 aromatic rings. The number of aliphatic hydroxyl groups is 1. The second kappa shape index (κ2) is 7.19. The van der Waals surface area contributed by atoms with E-state index in [1.54, 1.807) is 11.7 Å². The molecule has 0 spiro atoms. The normalized spacial score (nSPS) is 14.0. The van der Waals surface area contributed by atoms with Crippen LogP contribution in [-0.2, 0) is 5.60 Å². The highest BCUT2D eigenvalue weighted by molar-refractivity contribution is 7.99.